The third kappa shape index (κ3) is 3.18. The smallest absolute Gasteiger partial charge is 0.231 e. The van der Waals surface area contributed by atoms with Crippen LogP contribution in [0, 0.1) is 6.92 Å². The van der Waals surface area contributed by atoms with Crippen LogP contribution in [0.15, 0.2) is 36.4 Å². The molecular weight excluding hydrogens is 388 g/mol. The Morgan fingerprint density at radius 1 is 0.600 bits per heavy atom. The fourth-order valence-corrected chi connectivity index (χ4v) is 3.84. The van der Waals surface area contributed by atoms with E-state index in [0.29, 0.717) is 58.1 Å². The Kier molecular flexibility index (Phi) is 4.24. The molecule has 0 atom stereocenters. The van der Waals surface area contributed by atoms with Gasteiger partial charge in [-0.05, 0) is 30.2 Å². The predicted octanol–water partition coefficient (Wildman–Crippen LogP) is 3.75. The third-order valence-electron chi connectivity index (χ3n) is 5.32. The van der Waals surface area contributed by atoms with Crippen LogP contribution >= 0.6 is 0 Å². The van der Waals surface area contributed by atoms with Crippen molar-refractivity contribution in [1.82, 2.24) is 0 Å². The van der Waals surface area contributed by atoms with Gasteiger partial charge in [0.15, 0.2) is 23.0 Å². The lowest BCUT2D eigenvalue weighted by Crippen LogP contribution is -1.97. The van der Waals surface area contributed by atoms with Crippen molar-refractivity contribution >= 4 is 0 Å². The first-order valence-electron chi connectivity index (χ1n) is 9.52. The van der Waals surface area contributed by atoms with Crippen LogP contribution in [0.1, 0.15) is 27.8 Å². The van der Waals surface area contributed by atoms with Gasteiger partial charge in [-0.25, -0.2) is 0 Å². The summed E-state index contributed by atoms with van der Waals surface area (Å²) in [4.78, 5) is 0. The van der Waals surface area contributed by atoms with Gasteiger partial charge < -0.3 is 34.3 Å². The largest absolute Gasteiger partial charge is 0.508 e. The number of aromatic hydroxyl groups is 3. The monoisotopic (exact) mass is 408 g/mol. The van der Waals surface area contributed by atoms with Gasteiger partial charge in [0.2, 0.25) is 13.6 Å². The Hall–Kier alpha value is -3.74. The van der Waals surface area contributed by atoms with E-state index in [2.05, 4.69) is 0 Å². The molecule has 0 fully saturated rings. The highest BCUT2D eigenvalue weighted by Crippen LogP contribution is 2.41. The van der Waals surface area contributed by atoms with Crippen molar-refractivity contribution in [3.63, 3.8) is 0 Å². The number of phenols is 3. The first-order chi connectivity index (χ1) is 14.5. The van der Waals surface area contributed by atoms with Crippen LogP contribution in [-0.2, 0) is 12.8 Å². The normalized spacial score (nSPS) is 13.6. The Morgan fingerprint density at radius 2 is 1.00 bits per heavy atom. The summed E-state index contributed by atoms with van der Waals surface area (Å²) < 4.78 is 21.3. The molecule has 0 amide bonds. The van der Waals surface area contributed by atoms with Crippen LogP contribution in [0.4, 0.5) is 0 Å². The molecule has 2 aliphatic heterocycles. The molecule has 7 heteroatoms. The summed E-state index contributed by atoms with van der Waals surface area (Å²) in [6.07, 6.45) is 0.631. The van der Waals surface area contributed by atoms with Crippen molar-refractivity contribution in [1.29, 1.82) is 0 Å². The molecule has 0 radical (unpaired) electrons. The summed E-state index contributed by atoms with van der Waals surface area (Å²) in [5.74, 6) is 2.42. The number of ether oxygens (including phenoxy) is 4. The van der Waals surface area contributed by atoms with Crippen molar-refractivity contribution in [2.45, 2.75) is 19.8 Å². The van der Waals surface area contributed by atoms with Gasteiger partial charge in [0, 0.05) is 36.1 Å². The molecule has 0 saturated carbocycles. The van der Waals surface area contributed by atoms with Gasteiger partial charge in [-0.15, -0.1) is 0 Å². The van der Waals surface area contributed by atoms with Crippen molar-refractivity contribution in [3.05, 3.63) is 64.2 Å². The summed E-state index contributed by atoms with van der Waals surface area (Å²) >= 11 is 0. The second-order valence-corrected chi connectivity index (χ2v) is 7.45. The zero-order chi connectivity index (χ0) is 20.8. The number of benzene rings is 3. The summed E-state index contributed by atoms with van der Waals surface area (Å²) in [5.41, 5.74) is 3.53. The van der Waals surface area contributed by atoms with Crippen LogP contribution in [0.3, 0.4) is 0 Å². The minimum Gasteiger partial charge on any atom is -0.508 e. The molecule has 2 heterocycles. The van der Waals surface area contributed by atoms with Gasteiger partial charge in [-0.1, -0.05) is 17.7 Å². The maximum absolute atomic E-state index is 10.9. The number of rotatable bonds is 4. The highest BCUT2D eigenvalue weighted by Gasteiger charge is 2.21. The number of fused-ring (bicyclic) bond motifs is 2. The van der Waals surface area contributed by atoms with Crippen LogP contribution in [0.2, 0.25) is 0 Å². The van der Waals surface area contributed by atoms with E-state index in [1.165, 1.54) is 12.1 Å². The van der Waals surface area contributed by atoms with E-state index in [1.54, 1.807) is 12.1 Å². The molecule has 0 aromatic heterocycles. The van der Waals surface area contributed by atoms with E-state index in [0.717, 1.165) is 5.56 Å². The predicted molar refractivity (Wildman–Crippen MR) is 107 cm³/mol. The van der Waals surface area contributed by atoms with Crippen molar-refractivity contribution in [2.24, 2.45) is 0 Å². The van der Waals surface area contributed by atoms with Gasteiger partial charge in [0.1, 0.15) is 17.2 Å². The van der Waals surface area contributed by atoms with E-state index >= 15 is 0 Å². The van der Waals surface area contributed by atoms with Gasteiger partial charge in [-0.2, -0.15) is 0 Å². The molecule has 30 heavy (non-hydrogen) atoms. The lowest BCUT2D eigenvalue weighted by Gasteiger charge is -2.14. The van der Waals surface area contributed by atoms with Crippen molar-refractivity contribution in [3.8, 4) is 40.2 Å². The molecule has 0 saturated heterocycles. The van der Waals surface area contributed by atoms with Gasteiger partial charge >= 0.3 is 0 Å². The first-order valence-corrected chi connectivity index (χ1v) is 9.52. The zero-order valence-corrected chi connectivity index (χ0v) is 16.3. The zero-order valence-electron chi connectivity index (χ0n) is 16.3. The second kappa shape index (κ2) is 6.95. The summed E-state index contributed by atoms with van der Waals surface area (Å²) in [5, 5.41) is 31.6. The van der Waals surface area contributed by atoms with E-state index in [-0.39, 0.29) is 30.8 Å². The fraction of sp³-hybridized carbons (Fsp3) is 0.217. The van der Waals surface area contributed by atoms with Crippen molar-refractivity contribution < 1.29 is 34.3 Å². The van der Waals surface area contributed by atoms with Crippen LogP contribution in [0.25, 0.3) is 0 Å². The van der Waals surface area contributed by atoms with Crippen LogP contribution in [0.5, 0.6) is 40.2 Å². The van der Waals surface area contributed by atoms with Gasteiger partial charge in [0.05, 0.1) is 0 Å². The molecule has 5 rings (SSSR count). The Bertz CT molecular complexity index is 1070. The Labute approximate surface area is 172 Å². The average Bonchev–Trinajstić information content (AvgIpc) is 3.34. The minimum absolute atomic E-state index is 0.0788. The SMILES string of the molecule is Cc1cc(Cc2cc3c(cc2O)OCO3)c(O)c(Cc2cc3c(cc2O)OCO3)c1. The molecule has 2 aliphatic rings. The molecule has 3 N–H and O–H groups in total. The Morgan fingerprint density at radius 3 is 1.43 bits per heavy atom. The molecule has 154 valence electrons. The molecule has 0 spiro atoms. The summed E-state index contributed by atoms with van der Waals surface area (Å²) in [6, 6.07) is 10.3. The molecular formula is C23H20O7. The highest BCUT2D eigenvalue weighted by molar-refractivity contribution is 5.56. The molecule has 3 aromatic carbocycles. The van der Waals surface area contributed by atoms with E-state index in [9.17, 15) is 15.3 Å². The molecule has 0 unspecified atom stereocenters. The average molecular weight is 408 g/mol. The van der Waals surface area contributed by atoms with Crippen LogP contribution in [-0.4, -0.2) is 28.9 Å². The highest BCUT2D eigenvalue weighted by atomic mass is 16.7. The maximum Gasteiger partial charge on any atom is 0.231 e. The van der Waals surface area contributed by atoms with Gasteiger partial charge in [-0.3, -0.25) is 0 Å². The molecule has 7 nitrogen and oxygen atoms in total. The van der Waals surface area contributed by atoms with E-state index in [4.69, 9.17) is 18.9 Å². The maximum atomic E-state index is 10.9. The molecule has 0 bridgehead atoms. The molecule has 0 aliphatic carbocycles. The number of phenolic OH excluding ortho intramolecular Hbond substituents is 3. The number of hydrogen-bond acceptors (Lipinski definition) is 7. The topological polar surface area (TPSA) is 97.6 Å². The third-order valence-corrected chi connectivity index (χ3v) is 5.32. The summed E-state index contributed by atoms with van der Waals surface area (Å²) in [7, 11) is 0. The van der Waals surface area contributed by atoms with Gasteiger partial charge in [0.25, 0.3) is 0 Å². The number of hydrogen-bond donors (Lipinski definition) is 3. The van der Waals surface area contributed by atoms with Crippen molar-refractivity contribution in [2.75, 3.05) is 13.6 Å². The minimum atomic E-state index is 0.0788. The standard InChI is InChI=1S/C23H20O7/c1-12-2-15(4-13-6-19-21(8-17(13)24)29-10-27-19)23(26)16(3-12)5-14-7-20-22(9-18(14)25)30-11-28-20/h2-3,6-9,24-26H,4-5,10-11H2,1H3. The summed E-state index contributed by atoms with van der Waals surface area (Å²) in [6.45, 7) is 2.18. The lowest BCUT2D eigenvalue weighted by atomic mass is 9.94. The molecule has 3 aromatic rings. The second-order valence-electron chi connectivity index (χ2n) is 7.45. The van der Waals surface area contributed by atoms with E-state index in [1.807, 2.05) is 19.1 Å². The number of aryl methyl sites for hydroxylation is 1. The quantitative estimate of drug-likeness (QED) is 0.605. The Balaban J connectivity index is 1.48. The first kappa shape index (κ1) is 18.3. The van der Waals surface area contributed by atoms with Crippen LogP contribution < -0.4 is 18.9 Å². The lowest BCUT2D eigenvalue weighted by molar-refractivity contribution is 0.173. The van der Waals surface area contributed by atoms with E-state index < -0.39 is 0 Å². The fourth-order valence-electron chi connectivity index (χ4n) is 3.84.